The van der Waals surface area contributed by atoms with Gasteiger partial charge in [-0.3, -0.25) is 0 Å². The van der Waals surface area contributed by atoms with E-state index in [0.717, 1.165) is 0 Å². The number of halogens is 1. The summed E-state index contributed by atoms with van der Waals surface area (Å²) in [5, 5.41) is 8.81. The van der Waals surface area contributed by atoms with Crippen molar-refractivity contribution in [2.75, 3.05) is 6.54 Å². The van der Waals surface area contributed by atoms with E-state index in [1.807, 2.05) is 19.9 Å². The number of sulfonamides is 1. The van der Waals surface area contributed by atoms with Crippen LogP contribution in [-0.2, 0) is 10.0 Å². The second kappa shape index (κ2) is 6.75. The first kappa shape index (κ1) is 17.9. The van der Waals surface area contributed by atoms with Crippen LogP contribution in [0.25, 0.3) is 0 Å². The minimum absolute atomic E-state index is 0.0190. The molecule has 0 saturated carbocycles. The summed E-state index contributed by atoms with van der Waals surface area (Å²) in [6.45, 7) is 5.94. The van der Waals surface area contributed by atoms with Crippen molar-refractivity contribution in [3.05, 3.63) is 28.8 Å². The summed E-state index contributed by atoms with van der Waals surface area (Å²) in [4.78, 5) is -0.0494. The van der Waals surface area contributed by atoms with Gasteiger partial charge >= 0.3 is 0 Å². The molecule has 1 atom stereocenters. The van der Waals surface area contributed by atoms with E-state index >= 15 is 0 Å². The first-order valence-electron chi connectivity index (χ1n) is 6.57. The first-order chi connectivity index (χ1) is 9.63. The van der Waals surface area contributed by atoms with E-state index in [1.165, 1.54) is 18.2 Å². The van der Waals surface area contributed by atoms with Gasteiger partial charge in [0.2, 0.25) is 10.0 Å². The summed E-state index contributed by atoms with van der Waals surface area (Å²) in [6, 6.07) is 5.99. The Morgan fingerprint density at radius 3 is 2.52 bits per heavy atom. The fraction of sp³-hybridized carbons (Fsp3) is 0.500. The summed E-state index contributed by atoms with van der Waals surface area (Å²) in [6.07, 6.45) is 0.608. The number of nitriles is 1. The van der Waals surface area contributed by atoms with E-state index < -0.39 is 15.6 Å². The molecule has 0 amide bonds. The SMILES string of the molecule is CC(C)CC(C)(CN)NS(=O)(=O)c1ccc(C#N)cc1Cl. The molecule has 5 nitrogen and oxygen atoms in total. The van der Waals surface area contributed by atoms with Crippen molar-refractivity contribution in [3.63, 3.8) is 0 Å². The lowest BCUT2D eigenvalue weighted by molar-refractivity contribution is 0.344. The number of nitrogens with two attached hydrogens (primary N) is 1. The highest BCUT2D eigenvalue weighted by Gasteiger charge is 2.31. The average molecular weight is 330 g/mol. The predicted octanol–water partition coefficient (Wildman–Crippen LogP) is 2.25. The molecule has 7 heteroatoms. The van der Waals surface area contributed by atoms with Crippen molar-refractivity contribution < 1.29 is 8.42 Å². The molecule has 3 N–H and O–H groups in total. The molecule has 1 rings (SSSR count). The fourth-order valence-electron chi connectivity index (χ4n) is 2.24. The highest BCUT2D eigenvalue weighted by atomic mass is 35.5. The van der Waals surface area contributed by atoms with Crippen LogP contribution in [0.1, 0.15) is 32.8 Å². The zero-order valence-corrected chi connectivity index (χ0v) is 13.9. The molecule has 0 heterocycles. The van der Waals surface area contributed by atoms with Crippen LogP contribution >= 0.6 is 11.6 Å². The highest BCUT2D eigenvalue weighted by molar-refractivity contribution is 7.89. The monoisotopic (exact) mass is 329 g/mol. The Bertz CT molecular complexity index is 653. The van der Waals surface area contributed by atoms with Crippen molar-refractivity contribution in [2.45, 2.75) is 37.6 Å². The Kier molecular flexibility index (Phi) is 5.76. The van der Waals surface area contributed by atoms with E-state index in [1.54, 1.807) is 6.92 Å². The topological polar surface area (TPSA) is 96.0 Å². The maximum atomic E-state index is 12.5. The molecule has 21 heavy (non-hydrogen) atoms. The quantitative estimate of drug-likeness (QED) is 0.836. The molecule has 0 spiro atoms. The number of hydrogen-bond donors (Lipinski definition) is 2. The molecule has 116 valence electrons. The van der Waals surface area contributed by atoms with Gasteiger partial charge in [-0.15, -0.1) is 0 Å². The molecule has 0 aliphatic carbocycles. The van der Waals surface area contributed by atoms with Gasteiger partial charge < -0.3 is 5.73 Å². The zero-order valence-electron chi connectivity index (χ0n) is 12.4. The minimum atomic E-state index is -3.80. The molecule has 0 radical (unpaired) electrons. The highest BCUT2D eigenvalue weighted by Crippen LogP contribution is 2.25. The van der Waals surface area contributed by atoms with Gasteiger partial charge in [-0.1, -0.05) is 25.4 Å². The van der Waals surface area contributed by atoms with E-state index in [9.17, 15) is 8.42 Å². The lowest BCUT2D eigenvalue weighted by atomic mass is 9.92. The molecule has 1 aromatic rings. The van der Waals surface area contributed by atoms with Gasteiger partial charge in [0, 0.05) is 12.1 Å². The number of rotatable bonds is 6. The Labute approximate surface area is 131 Å². The fourth-order valence-corrected chi connectivity index (χ4v) is 4.21. The van der Waals surface area contributed by atoms with Crippen LogP contribution in [0.5, 0.6) is 0 Å². The molecule has 0 aliphatic heterocycles. The van der Waals surface area contributed by atoms with E-state index in [-0.39, 0.29) is 22.4 Å². The van der Waals surface area contributed by atoms with Gasteiger partial charge in [-0.2, -0.15) is 5.26 Å². The Balaban J connectivity index is 3.14. The normalized spacial score (nSPS) is 14.7. The Hall–Kier alpha value is -1.13. The van der Waals surface area contributed by atoms with E-state index in [4.69, 9.17) is 22.6 Å². The Morgan fingerprint density at radius 2 is 2.10 bits per heavy atom. The Morgan fingerprint density at radius 1 is 1.48 bits per heavy atom. The number of benzene rings is 1. The third kappa shape index (κ3) is 4.68. The molecule has 1 unspecified atom stereocenters. The van der Waals surface area contributed by atoms with Gasteiger partial charge in [0.05, 0.1) is 16.7 Å². The molecule has 0 aliphatic rings. The van der Waals surface area contributed by atoms with Crippen LogP contribution in [0.2, 0.25) is 5.02 Å². The van der Waals surface area contributed by atoms with Crippen LogP contribution in [-0.4, -0.2) is 20.5 Å². The lowest BCUT2D eigenvalue weighted by Crippen LogP contribution is -2.52. The first-order valence-corrected chi connectivity index (χ1v) is 8.43. The summed E-state index contributed by atoms with van der Waals surface area (Å²) in [7, 11) is -3.80. The van der Waals surface area contributed by atoms with Crippen molar-refractivity contribution in [1.29, 1.82) is 5.26 Å². The van der Waals surface area contributed by atoms with Gasteiger partial charge in [0.15, 0.2) is 0 Å². The third-order valence-electron chi connectivity index (χ3n) is 3.04. The summed E-state index contributed by atoms with van der Waals surface area (Å²) in [5.74, 6) is 0.290. The van der Waals surface area contributed by atoms with E-state index in [0.29, 0.717) is 12.0 Å². The average Bonchev–Trinajstić information content (AvgIpc) is 2.36. The summed E-state index contributed by atoms with van der Waals surface area (Å²) >= 11 is 5.97. The maximum Gasteiger partial charge on any atom is 0.242 e. The predicted molar refractivity (Wildman–Crippen MR) is 83.4 cm³/mol. The molecule has 0 saturated heterocycles. The molecule has 1 aromatic carbocycles. The van der Waals surface area contributed by atoms with Gasteiger partial charge in [0.25, 0.3) is 0 Å². The largest absolute Gasteiger partial charge is 0.329 e. The minimum Gasteiger partial charge on any atom is -0.329 e. The number of hydrogen-bond acceptors (Lipinski definition) is 4. The summed E-state index contributed by atoms with van der Waals surface area (Å²) < 4.78 is 27.6. The van der Waals surface area contributed by atoms with Crippen LogP contribution in [0.3, 0.4) is 0 Å². The van der Waals surface area contributed by atoms with Crippen LogP contribution in [0.4, 0.5) is 0 Å². The van der Waals surface area contributed by atoms with Gasteiger partial charge in [-0.05, 0) is 37.5 Å². The lowest BCUT2D eigenvalue weighted by Gasteiger charge is -2.30. The second-order valence-corrected chi connectivity index (χ2v) is 7.78. The number of nitrogens with zero attached hydrogens (tertiary/aromatic N) is 1. The van der Waals surface area contributed by atoms with Gasteiger partial charge in [0.1, 0.15) is 4.90 Å². The van der Waals surface area contributed by atoms with Gasteiger partial charge in [-0.25, -0.2) is 13.1 Å². The van der Waals surface area contributed by atoms with E-state index in [2.05, 4.69) is 4.72 Å². The smallest absolute Gasteiger partial charge is 0.242 e. The maximum absolute atomic E-state index is 12.5. The van der Waals surface area contributed by atoms with Crippen LogP contribution in [0.15, 0.2) is 23.1 Å². The molecule has 0 fully saturated rings. The number of nitrogens with one attached hydrogen (secondary N) is 1. The van der Waals surface area contributed by atoms with Crippen molar-refractivity contribution in [1.82, 2.24) is 4.72 Å². The molecule has 0 aromatic heterocycles. The third-order valence-corrected chi connectivity index (χ3v) is 5.16. The van der Waals surface area contributed by atoms with Crippen molar-refractivity contribution in [2.24, 2.45) is 11.7 Å². The second-order valence-electron chi connectivity index (χ2n) is 5.73. The van der Waals surface area contributed by atoms with Crippen LogP contribution < -0.4 is 10.5 Å². The standard InChI is InChI=1S/C14H20ClN3O2S/c1-10(2)7-14(3,9-17)18-21(19,20)13-5-4-11(8-16)6-12(13)15/h4-6,10,18H,7,9,17H2,1-3H3. The summed E-state index contributed by atoms with van der Waals surface area (Å²) in [5.41, 5.74) is 5.28. The van der Waals surface area contributed by atoms with Crippen molar-refractivity contribution in [3.8, 4) is 6.07 Å². The molecule has 0 bridgehead atoms. The van der Waals surface area contributed by atoms with Crippen molar-refractivity contribution >= 4 is 21.6 Å². The van der Waals surface area contributed by atoms with Crippen LogP contribution in [0, 0.1) is 17.2 Å². The zero-order chi connectivity index (χ0) is 16.3. The molecular formula is C14H20ClN3O2S. The molecular weight excluding hydrogens is 310 g/mol.